The van der Waals surface area contributed by atoms with Crippen molar-refractivity contribution in [1.29, 1.82) is 0 Å². The molecule has 0 heterocycles. The molecule has 0 radical (unpaired) electrons. The van der Waals surface area contributed by atoms with E-state index in [9.17, 15) is 22.0 Å². The summed E-state index contributed by atoms with van der Waals surface area (Å²) in [5, 5.41) is -1.37. The average Bonchev–Trinajstić information content (AvgIpc) is 2.88. The van der Waals surface area contributed by atoms with Crippen molar-refractivity contribution in [1.82, 2.24) is 0 Å². The van der Waals surface area contributed by atoms with E-state index in [4.69, 9.17) is 4.74 Å². The lowest BCUT2D eigenvalue weighted by atomic mass is 9.85. The van der Waals surface area contributed by atoms with E-state index in [1.54, 1.807) is 0 Å². The predicted octanol–water partition coefficient (Wildman–Crippen LogP) is 9.19. The summed E-state index contributed by atoms with van der Waals surface area (Å²) >= 11 is 0. The molecule has 38 heavy (non-hydrogen) atoms. The molecule has 5 aromatic rings. The summed E-state index contributed by atoms with van der Waals surface area (Å²) in [6, 6.07) is 12.9. The van der Waals surface area contributed by atoms with Gasteiger partial charge in [0.25, 0.3) is 0 Å². The maximum atomic E-state index is 15.4. The summed E-state index contributed by atoms with van der Waals surface area (Å²) in [7, 11) is 1.41. The first-order valence-electron chi connectivity index (χ1n) is 10.9. The molecule has 0 aliphatic heterocycles. The Morgan fingerprint density at radius 2 is 1.03 bits per heavy atom. The normalized spacial score (nSPS) is 11.9. The fourth-order valence-corrected chi connectivity index (χ4v) is 4.65. The Labute approximate surface area is 208 Å². The van der Waals surface area contributed by atoms with E-state index in [0.717, 1.165) is 6.07 Å². The number of ether oxygens (including phenoxy) is 1. The van der Waals surface area contributed by atoms with Gasteiger partial charge in [-0.25, -0.2) is 26.3 Å². The van der Waals surface area contributed by atoms with E-state index in [1.807, 2.05) is 0 Å². The number of halogens is 9. The molecule has 5 aromatic carbocycles. The number of fused-ring (bicyclic) bond motifs is 2. The Morgan fingerprint density at radius 3 is 1.50 bits per heavy atom. The summed E-state index contributed by atoms with van der Waals surface area (Å²) in [5.74, 6) is -12.1. The van der Waals surface area contributed by atoms with Crippen molar-refractivity contribution in [3.8, 4) is 28.0 Å². The van der Waals surface area contributed by atoms with Crippen molar-refractivity contribution in [2.24, 2.45) is 0 Å². The van der Waals surface area contributed by atoms with Gasteiger partial charge < -0.3 is 4.74 Å². The molecule has 10 heteroatoms. The van der Waals surface area contributed by atoms with Crippen LogP contribution in [-0.4, -0.2) is 7.11 Å². The van der Waals surface area contributed by atoms with Gasteiger partial charge in [-0.3, -0.25) is 0 Å². The number of hydrogen-bond acceptors (Lipinski definition) is 1. The van der Waals surface area contributed by atoms with Gasteiger partial charge in [-0.05, 0) is 40.6 Å². The van der Waals surface area contributed by atoms with Crippen molar-refractivity contribution in [3.63, 3.8) is 0 Å². The second-order valence-corrected chi connectivity index (χ2v) is 8.31. The van der Waals surface area contributed by atoms with Crippen LogP contribution in [0.5, 0.6) is 5.75 Å². The van der Waals surface area contributed by atoms with Gasteiger partial charge in [-0.15, -0.1) is 0 Å². The fourth-order valence-electron chi connectivity index (χ4n) is 4.65. The standard InChI is InChI=1S/C28H13F9O/c1-38-13-8-6-12(7-9-13)18-14-4-2-3-5-15(14)19(21-17(30)11-10-16(29)20(18)21)22-24(31)26(33)23(28(35,36)37)27(34)25(22)32/h2-11H,1H3. The zero-order chi connectivity index (χ0) is 27.5. The molecule has 0 fully saturated rings. The highest BCUT2D eigenvalue weighted by Gasteiger charge is 2.43. The minimum absolute atomic E-state index is 0.0766. The lowest BCUT2D eigenvalue weighted by Crippen LogP contribution is -2.16. The predicted molar refractivity (Wildman–Crippen MR) is 124 cm³/mol. The zero-order valence-corrected chi connectivity index (χ0v) is 19.1. The average molecular weight is 536 g/mol. The molecular weight excluding hydrogens is 523 g/mol. The number of methoxy groups -OCH3 is 1. The summed E-state index contributed by atoms with van der Waals surface area (Å²) in [5.41, 5.74) is -4.81. The van der Waals surface area contributed by atoms with E-state index in [-0.39, 0.29) is 16.3 Å². The maximum Gasteiger partial charge on any atom is 0.422 e. The summed E-state index contributed by atoms with van der Waals surface area (Å²) in [4.78, 5) is 0. The van der Waals surface area contributed by atoms with Gasteiger partial charge in [0.15, 0.2) is 23.3 Å². The zero-order valence-electron chi connectivity index (χ0n) is 19.1. The Kier molecular flexibility index (Phi) is 6.00. The van der Waals surface area contributed by atoms with Crippen LogP contribution in [0.15, 0.2) is 60.7 Å². The molecule has 0 saturated carbocycles. The molecular formula is C28H13F9O. The number of benzene rings is 5. The lowest BCUT2D eigenvalue weighted by Gasteiger charge is -2.20. The molecule has 0 unspecified atom stereocenters. The second-order valence-electron chi connectivity index (χ2n) is 8.31. The van der Waals surface area contributed by atoms with Crippen molar-refractivity contribution in [3.05, 3.63) is 101 Å². The molecule has 0 aromatic heterocycles. The first kappa shape index (κ1) is 25.4. The summed E-state index contributed by atoms with van der Waals surface area (Å²) in [6.07, 6.45) is -5.77. The van der Waals surface area contributed by atoms with Gasteiger partial charge in [0.1, 0.15) is 22.9 Å². The Balaban J connectivity index is 2.04. The summed E-state index contributed by atoms with van der Waals surface area (Å²) in [6.45, 7) is 0. The highest BCUT2D eigenvalue weighted by atomic mass is 19.4. The second kappa shape index (κ2) is 8.97. The van der Waals surface area contributed by atoms with Crippen LogP contribution in [0.3, 0.4) is 0 Å². The molecule has 0 N–H and O–H groups in total. The minimum Gasteiger partial charge on any atom is -0.497 e. The van der Waals surface area contributed by atoms with Gasteiger partial charge in [-0.1, -0.05) is 36.4 Å². The summed E-state index contributed by atoms with van der Waals surface area (Å²) < 4.78 is 135. The molecule has 0 amide bonds. The van der Waals surface area contributed by atoms with Gasteiger partial charge in [0, 0.05) is 21.9 Å². The highest BCUT2D eigenvalue weighted by Crippen LogP contribution is 2.48. The first-order chi connectivity index (χ1) is 18.0. The number of alkyl halides is 3. The van der Waals surface area contributed by atoms with E-state index in [0.29, 0.717) is 17.4 Å². The lowest BCUT2D eigenvalue weighted by molar-refractivity contribution is -0.143. The molecule has 1 nitrogen and oxygen atoms in total. The van der Waals surface area contributed by atoms with Crippen molar-refractivity contribution >= 4 is 21.5 Å². The first-order valence-corrected chi connectivity index (χ1v) is 10.9. The Hall–Kier alpha value is -4.21. The molecule has 0 aliphatic carbocycles. The quantitative estimate of drug-likeness (QED) is 0.127. The van der Waals surface area contributed by atoms with Gasteiger partial charge in [-0.2, -0.15) is 13.2 Å². The van der Waals surface area contributed by atoms with Crippen LogP contribution in [0.1, 0.15) is 5.56 Å². The van der Waals surface area contributed by atoms with Crippen LogP contribution >= 0.6 is 0 Å². The molecule has 5 rings (SSSR count). The van der Waals surface area contributed by atoms with E-state index >= 15 is 17.6 Å². The van der Waals surface area contributed by atoms with E-state index < -0.39 is 68.5 Å². The third kappa shape index (κ3) is 3.74. The van der Waals surface area contributed by atoms with Crippen LogP contribution in [0, 0.1) is 34.9 Å². The molecule has 0 aliphatic rings. The third-order valence-corrected chi connectivity index (χ3v) is 6.24. The molecule has 0 spiro atoms. The maximum absolute atomic E-state index is 15.4. The van der Waals surface area contributed by atoms with Crippen molar-refractivity contribution < 1.29 is 44.3 Å². The third-order valence-electron chi connectivity index (χ3n) is 6.24. The monoisotopic (exact) mass is 536 g/mol. The minimum atomic E-state index is -5.77. The molecule has 194 valence electrons. The van der Waals surface area contributed by atoms with Crippen LogP contribution in [0.4, 0.5) is 39.5 Å². The van der Waals surface area contributed by atoms with Crippen LogP contribution in [-0.2, 0) is 6.18 Å². The van der Waals surface area contributed by atoms with E-state index in [1.165, 1.54) is 55.6 Å². The van der Waals surface area contributed by atoms with Gasteiger partial charge in [0.05, 0.1) is 12.7 Å². The van der Waals surface area contributed by atoms with E-state index in [2.05, 4.69) is 0 Å². The SMILES string of the molecule is COc1ccc(-c2c3ccccc3c(-c3c(F)c(F)c(C(F)(F)F)c(F)c3F)c3c(F)ccc(F)c23)cc1. The Bertz CT molecular complexity index is 1710. The van der Waals surface area contributed by atoms with Crippen molar-refractivity contribution in [2.75, 3.05) is 7.11 Å². The smallest absolute Gasteiger partial charge is 0.422 e. The molecule has 0 bridgehead atoms. The van der Waals surface area contributed by atoms with Crippen LogP contribution < -0.4 is 4.74 Å². The number of hydrogen-bond donors (Lipinski definition) is 0. The fraction of sp³-hybridized carbons (Fsp3) is 0.0714. The molecule has 0 saturated heterocycles. The van der Waals surface area contributed by atoms with Crippen LogP contribution in [0.25, 0.3) is 43.8 Å². The highest BCUT2D eigenvalue weighted by molar-refractivity contribution is 6.21. The topological polar surface area (TPSA) is 9.23 Å². The number of rotatable bonds is 3. The van der Waals surface area contributed by atoms with Crippen molar-refractivity contribution in [2.45, 2.75) is 6.18 Å². The largest absolute Gasteiger partial charge is 0.497 e. The Morgan fingerprint density at radius 1 is 0.553 bits per heavy atom. The molecule has 0 atom stereocenters. The van der Waals surface area contributed by atoms with Crippen LogP contribution in [0.2, 0.25) is 0 Å². The van der Waals surface area contributed by atoms with Gasteiger partial charge in [0.2, 0.25) is 0 Å². The van der Waals surface area contributed by atoms with Gasteiger partial charge >= 0.3 is 6.18 Å².